The predicted octanol–water partition coefficient (Wildman–Crippen LogP) is 2.34. The molecule has 2 aromatic heterocycles. The lowest BCUT2D eigenvalue weighted by atomic mass is 10.1. The average molecular weight is 233 g/mol. The molecule has 0 aliphatic carbocycles. The van der Waals surface area contributed by atoms with E-state index in [4.69, 9.17) is 5.73 Å². The number of nitrogens with two attached hydrogens (primary N) is 1. The summed E-state index contributed by atoms with van der Waals surface area (Å²) < 4.78 is 0. The van der Waals surface area contributed by atoms with Gasteiger partial charge >= 0.3 is 0 Å². The van der Waals surface area contributed by atoms with E-state index in [0.29, 0.717) is 12.5 Å². The molecule has 2 aromatic rings. The van der Waals surface area contributed by atoms with E-state index in [-0.39, 0.29) is 0 Å². The van der Waals surface area contributed by atoms with E-state index >= 15 is 0 Å². The van der Waals surface area contributed by atoms with Crippen LogP contribution >= 0.6 is 11.3 Å². The van der Waals surface area contributed by atoms with Crippen LogP contribution in [0.4, 0.5) is 0 Å². The van der Waals surface area contributed by atoms with Crippen LogP contribution in [-0.2, 0) is 6.42 Å². The van der Waals surface area contributed by atoms with E-state index in [0.717, 1.165) is 22.7 Å². The second-order valence-electron chi connectivity index (χ2n) is 3.91. The molecule has 16 heavy (non-hydrogen) atoms. The molecule has 0 saturated carbocycles. The normalized spacial score (nSPS) is 12.6. The van der Waals surface area contributed by atoms with Crippen LogP contribution in [0.5, 0.6) is 0 Å². The van der Waals surface area contributed by atoms with E-state index in [2.05, 4.69) is 22.3 Å². The van der Waals surface area contributed by atoms with Crippen molar-refractivity contribution in [1.29, 1.82) is 0 Å². The van der Waals surface area contributed by atoms with Gasteiger partial charge in [-0.05, 0) is 24.6 Å². The molecule has 0 bridgehead atoms. The second-order valence-corrected chi connectivity index (χ2v) is 4.86. The van der Waals surface area contributed by atoms with Gasteiger partial charge in [0, 0.05) is 29.8 Å². The van der Waals surface area contributed by atoms with Crippen LogP contribution in [0.1, 0.15) is 11.9 Å². The van der Waals surface area contributed by atoms with Crippen molar-refractivity contribution in [2.75, 3.05) is 6.54 Å². The molecule has 0 aromatic carbocycles. The number of hydrogen-bond donors (Lipinski definition) is 1. The number of rotatable bonds is 4. The zero-order valence-corrected chi connectivity index (χ0v) is 10.1. The summed E-state index contributed by atoms with van der Waals surface area (Å²) in [7, 11) is 0. The van der Waals surface area contributed by atoms with E-state index in [1.165, 1.54) is 0 Å². The van der Waals surface area contributed by atoms with Gasteiger partial charge in [0.15, 0.2) is 0 Å². The Kier molecular flexibility index (Phi) is 3.64. The molecule has 0 aliphatic rings. The summed E-state index contributed by atoms with van der Waals surface area (Å²) in [6.07, 6.45) is 4.57. The molecular weight excluding hydrogens is 218 g/mol. The topological polar surface area (TPSA) is 51.8 Å². The Morgan fingerprint density at radius 3 is 3.06 bits per heavy atom. The summed E-state index contributed by atoms with van der Waals surface area (Å²) in [5.41, 5.74) is 7.69. The van der Waals surface area contributed by atoms with Crippen molar-refractivity contribution < 1.29 is 0 Å². The molecule has 84 valence electrons. The first kappa shape index (κ1) is 11.2. The van der Waals surface area contributed by atoms with Crippen molar-refractivity contribution in [2.24, 2.45) is 11.7 Å². The molecule has 0 aliphatic heterocycles. The minimum atomic E-state index is 0.493. The van der Waals surface area contributed by atoms with Crippen molar-refractivity contribution >= 4 is 11.3 Å². The summed E-state index contributed by atoms with van der Waals surface area (Å²) in [6, 6.07) is 3.95. The minimum Gasteiger partial charge on any atom is -0.330 e. The van der Waals surface area contributed by atoms with Crippen molar-refractivity contribution in [3.63, 3.8) is 0 Å². The Balaban J connectivity index is 2.14. The summed E-state index contributed by atoms with van der Waals surface area (Å²) in [4.78, 5) is 8.68. The Bertz CT molecular complexity index is 439. The fourth-order valence-corrected chi connectivity index (χ4v) is 2.40. The van der Waals surface area contributed by atoms with Gasteiger partial charge in [-0.15, -0.1) is 11.3 Å². The molecule has 0 amide bonds. The van der Waals surface area contributed by atoms with Crippen LogP contribution in [0.15, 0.2) is 29.9 Å². The van der Waals surface area contributed by atoms with Crippen LogP contribution in [0.3, 0.4) is 0 Å². The lowest BCUT2D eigenvalue weighted by Crippen LogP contribution is -2.12. The van der Waals surface area contributed by atoms with Gasteiger partial charge in [0.1, 0.15) is 0 Å². The van der Waals surface area contributed by atoms with Crippen LogP contribution in [0.25, 0.3) is 11.3 Å². The van der Waals surface area contributed by atoms with Gasteiger partial charge in [0.05, 0.1) is 10.7 Å². The van der Waals surface area contributed by atoms with Gasteiger partial charge in [0.25, 0.3) is 0 Å². The highest BCUT2D eigenvalue weighted by Crippen LogP contribution is 2.22. The van der Waals surface area contributed by atoms with Crippen LogP contribution in [0.2, 0.25) is 0 Å². The Hall–Kier alpha value is -1.26. The average Bonchev–Trinajstić information content (AvgIpc) is 2.78. The molecule has 4 heteroatoms. The standard InChI is InChI=1S/C12H15N3S/c1-9(6-13)5-12-15-11(8-16-12)10-3-2-4-14-7-10/h2-4,7-9H,5-6,13H2,1H3. The molecule has 3 nitrogen and oxygen atoms in total. The summed E-state index contributed by atoms with van der Waals surface area (Å²) in [5, 5.41) is 3.23. The van der Waals surface area contributed by atoms with Gasteiger partial charge in [-0.3, -0.25) is 4.98 Å². The van der Waals surface area contributed by atoms with Gasteiger partial charge in [0.2, 0.25) is 0 Å². The highest BCUT2D eigenvalue weighted by atomic mass is 32.1. The van der Waals surface area contributed by atoms with Gasteiger partial charge in [-0.25, -0.2) is 4.98 Å². The zero-order valence-electron chi connectivity index (χ0n) is 9.26. The molecular formula is C12H15N3S. The van der Waals surface area contributed by atoms with Crippen LogP contribution in [-0.4, -0.2) is 16.5 Å². The van der Waals surface area contributed by atoms with Crippen molar-refractivity contribution in [2.45, 2.75) is 13.3 Å². The first-order valence-electron chi connectivity index (χ1n) is 5.34. The molecule has 0 spiro atoms. The third-order valence-electron chi connectivity index (χ3n) is 2.43. The molecule has 1 unspecified atom stereocenters. The summed E-state index contributed by atoms with van der Waals surface area (Å²) in [6.45, 7) is 2.85. The molecule has 1 atom stereocenters. The van der Waals surface area contributed by atoms with Gasteiger partial charge < -0.3 is 5.73 Å². The number of aromatic nitrogens is 2. The Morgan fingerprint density at radius 2 is 2.38 bits per heavy atom. The maximum absolute atomic E-state index is 5.60. The largest absolute Gasteiger partial charge is 0.330 e. The smallest absolute Gasteiger partial charge is 0.0935 e. The molecule has 2 N–H and O–H groups in total. The third kappa shape index (κ3) is 2.65. The van der Waals surface area contributed by atoms with Gasteiger partial charge in [-0.1, -0.05) is 6.92 Å². The number of nitrogens with zero attached hydrogens (tertiary/aromatic N) is 2. The molecule has 0 fully saturated rings. The molecule has 2 rings (SSSR count). The highest BCUT2D eigenvalue weighted by Gasteiger charge is 2.07. The second kappa shape index (κ2) is 5.18. The molecule has 0 saturated heterocycles. The first-order valence-corrected chi connectivity index (χ1v) is 6.22. The third-order valence-corrected chi connectivity index (χ3v) is 3.31. The van der Waals surface area contributed by atoms with E-state index < -0.39 is 0 Å². The van der Waals surface area contributed by atoms with Crippen molar-refractivity contribution in [3.8, 4) is 11.3 Å². The van der Waals surface area contributed by atoms with E-state index in [9.17, 15) is 0 Å². The van der Waals surface area contributed by atoms with Crippen LogP contribution in [0, 0.1) is 5.92 Å². The summed E-state index contributed by atoms with van der Waals surface area (Å²) in [5.74, 6) is 0.493. The fourth-order valence-electron chi connectivity index (χ4n) is 1.43. The SMILES string of the molecule is CC(CN)Cc1nc(-c2cccnc2)cs1. The maximum atomic E-state index is 5.60. The minimum absolute atomic E-state index is 0.493. The van der Waals surface area contributed by atoms with Crippen LogP contribution < -0.4 is 5.73 Å². The first-order chi connectivity index (χ1) is 7.79. The number of pyridine rings is 1. The molecule has 2 heterocycles. The number of thiazole rings is 1. The Morgan fingerprint density at radius 1 is 1.50 bits per heavy atom. The monoisotopic (exact) mass is 233 g/mol. The highest BCUT2D eigenvalue weighted by molar-refractivity contribution is 7.09. The summed E-state index contributed by atoms with van der Waals surface area (Å²) >= 11 is 1.69. The zero-order chi connectivity index (χ0) is 11.4. The fraction of sp³-hybridized carbons (Fsp3) is 0.333. The maximum Gasteiger partial charge on any atom is 0.0935 e. The Labute approximate surface area is 99.4 Å². The van der Waals surface area contributed by atoms with E-state index in [1.54, 1.807) is 17.5 Å². The number of hydrogen-bond acceptors (Lipinski definition) is 4. The van der Waals surface area contributed by atoms with Gasteiger partial charge in [-0.2, -0.15) is 0 Å². The lowest BCUT2D eigenvalue weighted by molar-refractivity contribution is 0.591. The quantitative estimate of drug-likeness (QED) is 0.882. The predicted molar refractivity (Wildman–Crippen MR) is 67.3 cm³/mol. The molecule has 0 radical (unpaired) electrons. The van der Waals surface area contributed by atoms with Crippen molar-refractivity contribution in [1.82, 2.24) is 9.97 Å². The van der Waals surface area contributed by atoms with E-state index in [1.807, 2.05) is 18.3 Å². The van der Waals surface area contributed by atoms with Crippen molar-refractivity contribution in [3.05, 3.63) is 34.9 Å². The lowest BCUT2D eigenvalue weighted by Gasteiger charge is -2.03.